The molecule has 0 spiro atoms. The van der Waals surface area contributed by atoms with Crippen LogP contribution in [-0.4, -0.2) is 48.7 Å². The van der Waals surface area contributed by atoms with Crippen LogP contribution >= 0.6 is 23.2 Å². The number of nitrogens with zero attached hydrogens (tertiary/aromatic N) is 2. The summed E-state index contributed by atoms with van der Waals surface area (Å²) in [6.07, 6.45) is 3.60. The molecule has 7 heteroatoms. The standard InChI is InChI=1S/C24H26Cl2N2O3/c25-20-4-3-16(8-21(20)26)12-27-6-1-2-17(13-27)14-28-7-5-18-9-22-23(31-15-30-22)10-19(18)11-24(28)29/h3-4,8-10,17H,1-2,5-7,11-15H2. The number of piperidine rings is 1. The van der Waals surface area contributed by atoms with E-state index in [0.717, 1.165) is 69.0 Å². The molecule has 2 aromatic carbocycles. The van der Waals surface area contributed by atoms with Crippen molar-refractivity contribution in [1.82, 2.24) is 9.80 Å². The number of fused-ring (bicyclic) bond motifs is 2. The van der Waals surface area contributed by atoms with Gasteiger partial charge in [0.1, 0.15) is 0 Å². The smallest absolute Gasteiger partial charge is 0.231 e. The van der Waals surface area contributed by atoms with Gasteiger partial charge in [-0.1, -0.05) is 29.3 Å². The zero-order valence-corrected chi connectivity index (χ0v) is 18.9. The molecular weight excluding hydrogens is 435 g/mol. The fraction of sp³-hybridized carbons (Fsp3) is 0.458. The van der Waals surface area contributed by atoms with Crippen molar-refractivity contribution in [2.75, 3.05) is 33.0 Å². The van der Waals surface area contributed by atoms with Crippen molar-refractivity contribution in [3.05, 3.63) is 57.1 Å². The fourth-order valence-electron chi connectivity index (χ4n) is 4.92. The van der Waals surface area contributed by atoms with Crippen LogP contribution in [0, 0.1) is 5.92 Å². The predicted molar refractivity (Wildman–Crippen MR) is 121 cm³/mol. The molecule has 0 N–H and O–H groups in total. The van der Waals surface area contributed by atoms with E-state index in [2.05, 4.69) is 9.80 Å². The number of amides is 1. The summed E-state index contributed by atoms with van der Waals surface area (Å²) in [6.45, 7) is 4.76. The van der Waals surface area contributed by atoms with E-state index in [9.17, 15) is 4.79 Å². The normalized spacial score (nSPS) is 21.2. The second-order valence-electron chi connectivity index (χ2n) is 8.73. The molecule has 2 aromatic rings. The molecule has 3 aliphatic rings. The Morgan fingerprint density at radius 2 is 1.81 bits per heavy atom. The lowest BCUT2D eigenvalue weighted by Gasteiger charge is -2.35. The molecule has 1 amide bonds. The molecule has 0 aromatic heterocycles. The molecule has 1 unspecified atom stereocenters. The summed E-state index contributed by atoms with van der Waals surface area (Å²) in [5.74, 6) is 2.24. The first-order valence-electron chi connectivity index (χ1n) is 10.9. The Balaban J connectivity index is 1.21. The van der Waals surface area contributed by atoms with Crippen LogP contribution in [-0.2, 0) is 24.2 Å². The summed E-state index contributed by atoms with van der Waals surface area (Å²) in [5, 5.41) is 1.19. The molecule has 5 nitrogen and oxygen atoms in total. The number of hydrogen-bond donors (Lipinski definition) is 0. The molecule has 31 heavy (non-hydrogen) atoms. The minimum Gasteiger partial charge on any atom is -0.454 e. The van der Waals surface area contributed by atoms with E-state index in [1.165, 1.54) is 11.1 Å². The SMILES string of the molecule is O=C1Cc2cc3c(cc2CCN1CC1CCCN(Cc2ccc(Cl)c(Cl)c2)C1)OCO3. The number of hydrogen-bond acceptors (Lipinski definition) is 4. The van der Waals surface area contributed by atoms with Gasteiger partial charge in [0, 0.05) is 26.2 Å². The number of likely N-dealkylation sites (tertiary alicyclic amines) is 1. The van der Waals surface area contributed by atoms with Crippen LogP contribution in [0.3, 0.4) is 0 Å². The summed E-state index contributed by atoms with van der Waals surface area (Å²) in [7, 11) is 0. The van der Waals surface area contributed by atoms with Gasteiger partial charge in [-0.15, -0.1) is 0 Å². The van der Waals surface area contributed by atoms with Crippen molar-refractivity contribution >= 4 is 29.1 Å². The van der Waals surface area contributed by atoms with E-state index in [0.29, 0.717) is 22.4 Å². The summed E-state index contributed by atoms with van der Waals surface area (Å²) in [6, 6.07) is 9.89. The minimum absolute atomic E-state index is 0.208. The van der Waals surface area contributed by atoms with Crippen LogP contribution < -0.4 is 9.47 Å². The molecule has 164 valence electrons. The maximum Gasteiger partial charge on any atom is 0.231 e. The number of halogens is 2. The van der Waals surface area contributed by atoms with Gasteiger partial charge in [0.15, 0.2) is 11.5 Å². The van der Waals surface area contributed by atoms with E-state index >= 15 is 0 Å². The van der Waals surface area contributed by atoms with Crippen molar-refractivity contribution in [3.8, 4) is 11.5 Å². The van der Waals surface area contributed by atoms with Crippen molar-refractivity contribution in [2.45, 2.75) is 32.2 Å². The number of ether oxygens (including phenoxy) is 2. The van der Waals surface area contributed by atoms with Crippen molar-refractivity contribution < 1.29 is 14.3 Å². The van der Waals surface area contributed by atoms with Crippen LogP contribution in [0.1, 0.15) is 29.5 Å². The van der Waals surface area contributed by atoms with E-state index in [1.807, 2.05) is 30.3 Å². The van der Waals surface area contributed by atoms with Crippen LogP contribution in [0.4, 0.5) is 0 Å². The summed E-state index contributed by atoms with van der Waals surface area (Å²) in [5.41, 5.74) is 3.44. The zero-order valence-electron chi connectivity index (χ0n) is 17.4. The van der Waals surface area contributed by atoms with Crippen LogP contribution in [0.15, 0.2) is 30.3 Å². The molecule has 0 aliphatic carbocycles. The second kappa shape index (κ2) is 8.89. The van der Waals surface area contributed by atoms with Gasteiger partial charge in [0.05, 0.1) is 16.5 Å². The monoisotopic (exact) mass is 460 g/mol. The van der Waals surface area contributed by atoms with Gasteiger partial charge in [-0.05, 0) is 72.7 Å². The highest BCUT2D eigenvalue weighted by atomic mass is 35.5. The second-order valence-corrected chi connectivity index (χ2v) is 9.55. The van der Waals surface area contributed by atoms with Crippen molar-refractivity contribution in [1.29, 1.82) is 0 Å². The number of carbonyl (C=O) groups excluding carboxylic acids is 1. The average molecular weight is 461 g/mol. The van der Waals surface area contributed by atoms with Gasteiger partial charge in [-0.3, -0.25) is 9.69 Å². The molecular formula is C24H26Cl2N2O3. The van der Waals surface area contributed by atoms with Gasteiger partial charge in [0.2, 0.25) is 12.7 Å². The topological polar surface area (TPSA) is 42.0 Å². The third kappa shape index (κ3) is 4.64. The third-order valence-electron chi connectivity index (χ3n) is 6.51. The maximum absolute atomic E-state index is 13.0. The molecule has 3 heterocycles. The van der Waals surface area contributed by atoms with Crippen molar-refractivity contribution in [3.63, 3.8) is 0 Å². The summed E-state index contributed by atoms with van der Waals surface area (Å²) in [4.78, 5) is 17.5. The highest BCUT2D eigenvalue weighted by Gasteiger charge is 2.28. The Kier molecular flexibility index (Phi) is 6.00. The molecule has 0 radical (unpaired) electrons. The lowest BCUT2D eigenvalue weighted by Crippen LogP contribution is -2.43. The van der Waals surface area contributed by atoms with Gasteiger partial charge in [0.25, 0.3) is 0 Å². The quantitative estimate of drug-likeness (QED) is 0.670. The lowest BCUT2D eigenvalue weighted by atomic mass is 9.96. The van der Waals surface area contributed by atoms with Crippen LogP contribution in [0.25, 0.3) is 0 Å². The first kappa shape index (κ1) is 20.9. The van der Waals surface area contributed by atoms with Crippen LogP contribution in [0.2, 0.25) is 10.0 Å². The van der Waals surface area contributed by atoms with Gasteiger partial charge < -0.3 is 14.4 Å². The van der Waals surface area contributed by atoms with E-state index in [-0.39, 0.29) is 12.7 Å². The highest BCUT2D eigenvalue weighted by Crippen LogP contribution is 2.36. The predicted octanol–water partition coefficient (Wildman–Crippen LogP) is 4.56. The van der Waals surface area contributed by atoms with Crippen molar-refractivity contribution in [2.24, 2.45) is 5.92 Å². The Hall–Kier alpha value is -1.95. The fourth-order valence-corrected chi connectivity index (χ4v) is 5.24. The van der Waals surface area contributed by atoms with Gasteiger partial charge in [-0.2, -0.15) is 0 Å². The zero-order chi connectivity index (χ0) is 21.4. The van der Waals surface area contributed by atoms with E-state index < -0.39 is 0 Å². The Morgan fingerprint density at radius 1 is 1.00 bits per heavy atom. The molecule has 1 fully saturated rings. The maximum atomic E-state index is 13.0. The first-order valence-corrected chi connectivity index (χ1v) is 11.7. The summed E-state index contributed by atoms with van der Waals surface area (Å²) >= 11 is 12.2. The molecule has 1 atom stereocenters. The molecule has 5 rings (SSSR count). The first-order chi connectivity index (χ1) is 15.0. The number of carbonyl (C=O) groups is 1. The number of benzene rings is 2. The van der Waals surface area contributed by atoms with Gasteiger partial charge >= 0.3 is 0 Å². The Labute approximate surface area is 192 Å². The molecule has 1 saturated heterocycles. The van der Waals surface area contributed by atoms with E-state index in [4.69, 9.17) is 32.7 Å². The van der Waals surface area contributed by atoms with Gasteiger partial charge in [-0.25, -0.2) is 0 Å². The van der Waals surface area contributed by atoms with Crippen LogP contribution in [0.5, 0.6) is 11.5 Å². The Bertz CT molecular complexity index is 997. The average Bonchev–Trinajstić information content (AvgIpc) is 3.15. The minimum atomic E-state index is 0.208. The largest absolute Gasteiger partial charge is 0.454 e. The molecule has 0 bridgehead atoms. The Morgan fingerprint density at radius 3 is 2.61 bits per heavy atom. The highest BCUT2D eigenvalue weighted by molar-refractivity contribution is 6.42. The molecule has 3 aliphatic heterocycles. The molecule has 0 saturated carbocycles. The third-order valence-corrected chi connectivity index (χ3v) is 7.25. The van der Waals surface area contributed by atoms with E-state index in [1.54, 1.807) is 0 Å². The summed E-state index contributed by atoms with van der Waals surface area (Å²) < 4.78 is 11.0. The lowest BCUT2D eigenvalue weighted by molar-refractivity contribution is -0.131. The number of rotatable bonds is 4.